The molecule has 0 bridgehead atoms. The quantitative estimate of drug-likeness (QED) is 0.470. The lowest BCUT2D eigenvalue weighted by Crippen LogP contribution is -2.28. The first-order valence-corrected chi connectivity index (χ1v) is 4.92. The molecule has 0 radical (unpaired) electrons. The van der Waals surface area contributed by atoms with Crippen molar-refractivity contribution in [2.45, 2.75) is 18.9 Å². The highest BCUT2D eigenvalue weighted by atomic mass is 35.5. The molecule has 0 fully saturated rings. The van der Waals surface area contributed by atoms with E-state index in [-0.39, 0.29) is 11.1 Å². The first kappa shape index (κ1) is 12.0. The summed E-state index contributed by atoms with van der Waals surface area (Å²) in [7, 11) is 0. The fraction of sp³-hybridized carbons (Fsp3) is 0.273. The van der Waals surface area contributed by atoms with Crippen molar-refractivity contribution in [2.75, 3.05) is 0 Å². The highest BCUT2D eigenvalue weighted by molar-refractivity contribution is 6.30. The number of hydrogen-bond acceptors (Lipinski definition) is 2. The minimum atomic E-state index is -0.445. The Bertz CT molecular complexity index is 373. The van der Waals surface area contributed by atoms with Gasteiger partial charge in [-0.3, -0.25) is 11.3 Å². The molecule has 0 aliphatic heterocycles. The maximum Gasteiger partial charge on any atom is 0.146 e. The molecule has 1 aromatic carbocycles. The number of hydrogen-bond donors (Lipinski definition) is 2. The summed E-state index contributed by atoms with van der Waals surface area (Å²) in [6.07, 6.45) is 6.24. The predicted octanol–water partition coefficient (Wildman–Crippen LogP) is 2.40. The maximum atomic E-state index is 13.6. The van der Waals surface area contributed by atoms with Gasteiger partial charge >= 0.3 is 0 Å². The van der Waals surface area contributed by atoms with Crippen LogP contribution in [0.15, 0.2) is 18.2 Å². The Morgan fingerprint density at radius 1 is 1.60 bits per heavy atom. The van der Waals surface area contributed by atoms with Crippen LogP contribution in [0.1, 0.15) is 24.4 Å². The van der Waals surface area contributed by atoms with E-state index >= 15 is 0 Å². The van der Waals surface area contributed by atoms with E-state index in [2.05, 4.69) is 11.3 Å². The molecule has 1 atom stereocenters. The number of benzene rings is 1. The molecule has 3 N–H and O–H groups in total. The predicted molar refractivity (Wildman–Crippen MR) is 59.5 cm³/mol. The fourth-order valence-corrected chi connectivity index (χ4v) is 1.53. The van der Waals surface area contributed by atoms with E-state index < -0.39 is 5.82 Å². The smallest absolute Gasteiger partial charge is 0.146 e. The van der Waals surface area contributed by atoms with Crippen LogP contribution in [0, 0.1) is 18.2 Å². The second kappa shape index (κ2) is 5.72. The first-order valence-electron chi connectivity index (χ1n) is 4.54. The van der Waals surface area contributed by atoms with Crippen molar-refractivity contribution < 1.29 is 4.39 Å². The normalized spacial score (nSPS) is 12.1. The molecule has 1 unspecified atom stereocenters. The zero-order valence-electron chi connectivity index (χ0n) is 8.13. The molecule has 80 valence electrons. The lowest BCUT2D eigenvalue weighted by atomic mass is 10.0. The molecule has 0 saturated carbocycles. The minimum Gasteiger partial charge on any atom is -0.271 e. The van der Waals surface area contributed by atoms with E-state index in [4.69, 9.17) is 23.9 Å². The minimum absolute atomic E-state index is 0.0912. The van der Waals surface area contributed by atoms with Crippen LogP contribution in [0.2, 0.25) is 5.02 Å². The highest BCUT2D eigenvalue weighted by Gasteiger charge is 2.15. The summed E-state index contributed by atoms with van der Waals surface area (Å²) < 4.78 is 13.6. The first-order chi connectivity index (χ1) is 7.20. The maximum absolute atomic E-state index is 13.6. The van der Waals surface area contributed by atoms with Crippen LogP contribution in [-0.4, -0.2) is 0 Å². The number of nitrogens with one attached hydrogen (secondary N) is 1. The molecule has 0 aliphatic carbocycles. The van der Waals surface area contributed by atoms with E-state index in [1.165, 1.54) is 6.07 Å². The van der Waals surface area contributed by atoms with Gasteiger partial charge in [0.2, 0.25) is 0 Å². The van der Waals surface area contributed by atoms with Crippen molar-refractivity contribution in [3.05, 3.63) is 34.6 Å². The molecule has 1 aromatic rings. The summed E-state index contributed by atoms with van der Waals surface area (Å²) in [4.78, 5) is 0. The Morgan fingerprint density at radius 3 is 2.93 bits per heavy atom. The largest absolute Gasteiger partial charge is 0.271 e. The van der Waals surface area contributed by atoms with Crippen molar-refractivity contribution in [3.8, 4) is 12.3 Å². The van der Waals surface area contributed by atoms with E-state index in [9.17, 15) is 4.39 Å². The van der Waals surface area contributed by atoms with Crippen molar-refractivity contribution in [1.82, 2.24) is 5.43 Å². The van der Waals surface area contributed by atoms with E-state index in [0.29, 0.717) is 18.4 Å². The summed E-state index contributed by atoms with van der Waals surface area (Å²) in [5, 5.41) is 0.0912. The molecule has 0 saturated heterocycles. The highest BCUT2D eigenvalue weighted by Crippen LogP contribution is 2.25. The molecular weight excluding hydrogens is 215 g/mol. The molecule has 0 amide bonds. The van der Waals surface area contributed by atoms with E-state index in [1.807, 2.05) is 0 Å². The van der Waals surface area contributed by atoms with Gasteiger partial charge in [0, 0.05) is 18.0 Å². The number of halogens is 2. The molecule has 2 nitrogen and oxygen atoms in total. The Kier molecular flexibility index (Phi) is 4.57. The van der Waals surface area contributed by atoms with Crippen molar-refractivity contribution >= 4 is 11.6 Å². The third-order valence-electron chi connectivity index (χ3n) is 2.14. The summed E-state index contributed by atoms with van der Waals surface area (Å²) in [6, 6.07) is 4.51. The Morgan fingerprint density at radius 2 is 2.33 bits per heavy atom. The van der Waals surface area contributed by atoms with Gasteiger partial charge in [-0.05, 0) is 12.5 Å². The van der Waals surface area contributed by atoms with Gasteiger partial charge in [-0.1, -0.05) is 23.7 Å². The van der Waals surface area contributed by atoms with Crippen LogP contribution < -0.4 is 11.3 Å². The molecule has 0 heterocycles. The second-order valence-electron chi connectivity index (χ2n) is 3.11. The van der Waals surface area contributed by atoms with Crippen LogP contribution in [0.3, 0.4) is 0 Å². The van der Waals surface area contributed by atoms with Gasteiger partial charge in [-0.15, -0.1) is 12.3 Å². The lowest BCUT2D eigenvalue weighted by molar-refractivity contribution is 0.491. The number of nitrogens with two attached hydrogens (primary N) is 1. The molecular formula is C11H12ClFN2. The van der Waals surface area contributed by atoms with Gasteiger partial charge < -0.3 is 0 Å². The summed E-state index contributed by atoms with van der Waals surface area (Å²) in [6.45, 7) is 0. The van der Waals surface area contributed by atoms with Crippen LogP contribution in [0.5, 0.6) is 0 Å². The van der Waals surface area contributed by atoms with Gasteiger partial charge in [0.15, 0.2) is 0 Å². The Hall–Kier alpha value is -1.08. The van der Waals surface area contributed by atoms with Gasteiger partial charge in [-0.2, -0.15) is 0 Å². The van der Waals surface area contributed by atoms with Gasteiger partial charge in [0.05, 0.1) is 5.02 Å². The van der Waals surface area contributed by atoms with Gasteiger partial charge in [-0.25, -0.2) is 4.39 Å². The summed E-state index contributed by atoms with van der Waals surface area (Å²) >= 11 is 5.67. The van der Waals surface area contributed by atoms with Gasteiger partial charge in [0.25, 0.3) is 0 Å². The third kappa shape index (κ3) is 2.93. The van der Waals surface area contributed by atoms with Crippen LogP contribution >= 0.6 is 11.6 Å². The Labute approximate surface area is 93.6 Å². The van der Waals surface area contributed by atoms with Crippen LogP contribution in [-0.2, 0) is 0 Å². The third-order valence-corrected chi connectivity index (χ3v) is 2.43. The number of hydrazine groups is 1. The summed E-state index contributed by atoms with van der Waals surface area (Å²) in [5.41, 5.74) is 2.97. The van der Waals surface area contributed by atoms with Gasteiger partial charge in [0.1, 0.15) is 5.82 Å². The number of terminal acetylenes is 1. The average molecular weight is 227 g/mol. The Balaban J connectivity index is 2.92. The zero-order chi connectivity index (χ0) is 11.3. The molecule has 1 rings (SSSR count). The molecule has 0 aromatic heterocycles. The zero-order valence-corrected chi connectivity index (χ0v) is 8.89. The fourth-order valence-electron chi connectivity index (χ4n) is 1.35. The average Bonchev–Trinajstić information content (AvgIpc) is 2.25. The van der Waals surface area contributed by atoms with E-state index in [0.717, 1.165) is 0 Å². The standard InChI is InChI=1S/C11H12ClFN2/c1-2-3-7-10(15-14)8-5-4-6-9(12)11(8)13/h1,4-6,10,15H,3,7,14H2. The number of rotatable bonds is 4. The van der Waals surface area contributed by atoms with Crippen LogP contribution in [0.25, 0.3) is 0 Å². The summed E-state index contributed by atoms with van der Waals surface area (Å²) in [5.74, 6) is 7.38. The van der Waals surface area contributed by atoms with E-state index in [1.54, 1.807) is 12.1 Å². The molecule has 0 spiro atoms. The monoisotopic (exact) mass is 226 g/mol. The van der Waals surface area contributed by atoms with Crippen molar-refractivity contribution in [1.29, 1.82) is 0 Å². The van der Waals surface area contributed by atoms with Crippen LogP contribution in [0.4, 0.5) is 4.39 Å². The molecule has 0 aliphatic rings. The van der Waals surface area contributed by atoms with Crippen molar-refractivity contribution in [2.24, 2.45) is 5.84 Å². The lowest BCUT2D eigenvalue weighted by Gasteiger charge is -2.16. The molecule has 4 heteroatoms. The molecule has 15 heavy (non-hydrogen) atoms. The van der Waals surface area contributed by atoms with Crippen molar-refractivity contribution in [3.63, 3.8) is 0 Å². The SMILES string of the molecule is C#CCCC(NN)c1cccc(Cl)c1F. The second-order valence-corrected chi connectivity index (χ2v) is 3.51. The topological polar surface area (TPSA) is 38.0 Å².